The number of hydrogen-bond acceptors (Lipinski definition) is 5. The number of anilines is 2. The predicted octanol–water partition coefficient (Wildman–Crippen LogP) is 0.588. The summed E-state index contributed by atoms with van der Waals surface area (Å²) < 4.78 is 0. The zero-order valence-electron chi connectivity index (χ0n) is 11.1. The lowest BCUT2D eigenvalue weighted by molar-refractivity contribution is -0.140. The number of aromatic nitrogens is 1. The van der Waals surface area contributed by atoms with Crippen LogP contribution in [-0.2, 0) is 14.4 Å². The Kier molecular flexibility index (Phi) is 5.41. The van der Waals surface area contributed by atoms with E-state index in [0.717, 1.165) is 4.90 Å². The molecule has 4 N–H and O–H groups in total. The lowest BCUT2D eigenvalue weighted by atomic mass is 10.1. The zero-order chi connectivity index (χ0) is 16.0. The molecule has 0 aliphatic heterocycles. The molecule has 0 unspecified atom stereocenters. The highest BCUT2D eigenvalue weighted by atomic mass is 16.4. The Bertz CT molecular complexity index is 573. The van der Waals surface area contributed by atoms with Crippen molar-refractivity contribution in [3.63, 3.8) is 0 Å². The normalized spacial score (nSPS) is 11.4. The average Bonchev–Trinajstić information content (AvgIpc) is 2.43. The van der Waals surface area contributed by atoms with Crippen LogP contribution in [0.4, 0.5) is 11.5 Å². The van der Waals surface area contributed by atoms with Gasteiger partial charge in [-0.25, -0.2) is 9.78 Å². The van der Waals surface area contributed by atoms with Gasteiger partial charge in [-0.15, -0.1) is 0 Å². The number of carbonyl (C=O) groups is 3. The van der Waals surface area contributed by atoms with E-state index in [1.807, 2.05) is 0 Å². The van der Waals surface area contributed by atoms with Gasteiger partial charge in [-0.2, -0.15) is 0 Å². The minimum Gasteiger partial charge on any atom is -0.481 e. The van der Waals surface area contributed by atoms with E-state index in [0.29, 0.717) is 17.8 Å². The Morgan fingerprint density at radius 3 is 2.57 bits per heavy atom. The summed E-state index contributed by atoms with van der Waals surface area (Å²) in [5.41, 5.74) is 6.28. The summed E-state index contributed by atoms with van der Waals surface area (Å²) in [7, 11) is 0. The van der Waals surface area contributed by atoms with Gasteiger partial charge in [0.15, 0.2) is 0 Å². The van der Waals surface area contributed by atoms with Gasteiger partial charge in [-0.1, -0.05) is 6.58 Å². The number of nitrogen functional groups attached to an aromatic ring is 1. The molecular weight excluding hydrogens is 278 g/mol. The molecular formula is C13H15N3O5. The van der Waals surface area contributed by atoms with Crippen molar-refractivity contribution < 1.29 is 24.6 Å². The molecule has 1 amide bonds. The van der Waals surface area contributed by atoms with Crippen molar-refractivity contribution in [2.45, 2.75) is 18.9 Å². The first kappa shape index (κ1) is 16.2. The molecule has 0 fully saturated rings. The van der Waals surface area contributed by atoms with E-state index in [2.05, 4.69) is 11.6 Å². The maximum atomic E-state index is 11.2. The molecule has 1 aromatic rings. The Labute approximate surface area is 120 Å². The number of pyridine rings is 1. The minimum atomic E-state index is -1.33. The third-order valence-corrected chi connectivity index (χ3v) is 2.77. The lowest BCUT2D eigenvalue weighted by Gasteiger charge is -2.24. The first-order valence-electron chi connectivity index (χ1n) is 5.98. The van der Waals surface area contributed by atoms with Gasteiger partial charge < -0.3 is 15.9 Å². The van der Waals surface area contributed by atoms with Crippen LogP contribution in [-0.4, -0.2) is 39.6 Å². The number of carboxylic acids is 2. The molecule has 0 saturated heterocycles. The number of carboxylic acid groups (broad SMARTS) is 2. The smallest absolute Gasteiger partial charge is 0.326 e. The summed E-state index contributed by atoms with van der Waals surface area (Å²) in [6.07, 6.45) is 1.05. The Hall–Kier alpha value is -2.90. The summed E-state index contributed by atoms with van der Waals surface area (Å²) in [5, 5.41) is 17.8. The van der Waals surface area contributed by atoms with Crippen LogP contribution in [0.15, 0.2) is 18.7 Å². The van der Waals surface area contributed by atoms with Gasteiger partial charge in [-0.3, -0.25) is 14.5 Å². The summed E-state index contributed by atoms with van der Waals surface area (Å²) in [6.45, 7) is 3.51. The van der Waals surface area contributed by atoms with Crippen molar-refractivity contribution in [1.29, 1.82) is 0 Å². The van der Waals surface area contributed by atoms with Gasteiger partial charge in [-0.05, 0) is 24.6 Å². The first-order chi connectivity index (χ1) is 9.90. The number of aliphatic carboxylic acids is 2. The minimum absolute atomic E-state index is 0.0619. The van der Waals surface area contributed by atoms with Crippen molar-refractivity contribution in [3.8, 4) is 0 Å². The lowest BCUT2D eigenvalue weighted by Crippen LogP contribution is -2.41. The van der Waals surface area contributed by atoms with Crippen LogP contribution in [0.3, 0.4) is 0 Å². The number of hydrogen-bond donors (Lipinski definition) is 3. The molecule has 112 valence electrons. The second-order valence-electron chi connectivity index (χ2n) is 4.15. The quantitative estimate of drug-likeness (QED) is 0.597. The van der Waals surface area contributed by atoms with E-state index in [9.17, 15) is 14.4 Å². The Morgan fingerprint density at radius 1 is 1.43 bits per heavy atom. The largest absolute Gasteiger partial charge is 0.481 e. The Balaban J connectivity index is 3.13. The summed E-state index contributed by atoms with van der Waals surface area (Å²) in [4.78, 5) is 37.9. The summed E-state index contributed by atoms with van der Waals surface area (Å²) in [6, 6.07) is 1.52. The van der Waals surface area contributed by atoms with Crippen molar-refractivity contribution in [1.82, 2.24) is 4.98 Å². The summed E-state index contributed by atoms with van der Waals surface area (Å²) >= 11 is 0. The molecule has 8 heteroatoms. The van der Waals surface area contributed by atoms with Crippen molar-refractivity contribution in [3.05, 3.63) is 24.4 Å². The summed E-state index contributed by atoms with van der Waals surface area (Å²) in [5.74, 6) is -2.40. The Morgan fingerprint density at radius 2 is 2.10 bits per heavy atom. The average molecular weight is 293 g/mol. The topological polar surface area (TPSA) is 134 Å². The second-order valence-corrected chi connectivity index (χ2v) is 4.15. The zero-order valence-corrected chi connectivity index (χ0v) is 11.1. The third-order valence-electron chi connectivity index (χ3n) is 2.77. The van der Waals surface area contributed by atoms with Gasteiger partial charge in [0.2, 0.25) is 6.41 Å². The second kappa shape index (κ2) is 7.04. The molecule has 1 aromatic heterocycles. The van der Waals surface area contributed by atoms with Crippen molar-refractivity contribution in [2.75, 3.05) is 10.6 Å². The van der Waals surface area contributed by atoms with Gasteiger partial charge in [0.1, 0.15) is 11.9 Å². The van der Waals surface area contributed by atoms with Gasteiger partial charge in [0, 0.05) is 6.42 Å². The van der Waals surface area contributed by atoms with Crippen LogP contribution >= 0.6 is 0 Å². The monoisotopic (exact) mass is 293 g/mol. The maximum absolute atomic E-state index is 11.2. The fourth-order valence-electron chi connectivity index (χ4n) is 1.71. The number of rotatable bonds is 8. The van der Waals surface area contributed by atoms with E-state index < -0.39 is 18.0 Å². The van der Waals surface area contributed by atoms with Crippen molar-refractivity contribution >= 4 is 35.9 Å². The molecule has 0 spiro atoms. The van der Waals surface area contributed by atoms with E-state index in [1.165, 1.54) is 18.2 Å². The first-order valence-corrected chi connectivity index (χ1v) is 5.98. The van der Waals surface area contributed by atoms with E-state index in [1.54, 1.807) is 0 Å². The van der Waals surface area contributed by atoms with Crippen LogP contribution in [0.1, 0.15) is 18.5 Å². The number of nitrogens with two attached hydrogens (primary N) is 1. The van der Waals surface area contributed by atoms with E-state index >= 15 is 0 Å². The highest BCUT2D eigenvalue weighted by molar-refractivity contribution is 5.88. The van der Waals surface area contributed by atoms with Gasteiger partial charge >= 0.3 is 11.9 Å². The van der Waals surface area contributed by atoms with Crippen LogP contribution in [0.2, 0.25) is 0 Å². The molecule has 0 radical (unpaired) electrons. The standard InChI is InChI=1S/C13H15N3O5/c1-2-9-8(14)3-5-11(15-9)16(7-17)10(13(20)21)4-6-12(18)19/h2-3,5,7,10H,1,4,6,14H2,(H,18,19)(H,20,21)/t10-/m0/s1. The molecule has 0 aliphatic carbocycles. The van der Waals surface area contributed by atoms with E-state index in [-0.39, 0.29) is 18.7 Å². The van der Waals surface area contributed by atoms with E-state index in [4.69, 9.17) is 15.9 Å². The highest BCUT2D eigenvalue weighted by Gasteiger charge is 2.27. The number of amides is 1. The molecule has 21 heavy (non-hydrogen) atoms. The van der Waals surface area contributed by atoms with Crippen LogP contribution in [0.25, 0.3) is 6.08 Å². The molecule has 1 rings (SSSR count). The molecule has 0 saturated carbocycles. The SMILES string of the molecule is C=Cc1nc(N(C=O)[C@@H](CCC(=O)O)C(=O)O)ccc1N. The van der Waals surface area contributed by atoms with Gasteiger partial charge in [0.05, 0.1) is 11.4 Å². The fourth-order valence-corrected chi connectivity index (χ4v) is 1.71. The molecule has 1 heterocycles. The van der Waals surface area contributed by atoms with Gasteiger partial charge in [0.25, 0.3) is 0 Å². The molecule has 8 nitrogen and oxygen atoms in total. The number of nitrogens with zero attached hydrogens (tertiary/aromatic N) is 2. The highest BCUT2D eigenvalue weighted by Crippen LogP contribution is 2.20. The van der Waals surface area contributed by atoms with Crippen LogP contribution in [0, 0.1) is 0 Å². The van der Waals surface area contributed by atoms with Crippen LogP contribution in [0.5, 0.6) is 0 Å². The predicted molar refractivity (Wildman–Crippen MR) is 75.6 cm³/mol. The number of carbonyl (C=O) groups excluding carboxylic acids is 1. The molecule has 1 atom stereocenters. The molecule has 0 aliphatic rings. The fraction of sp³-hybridized carbons (Fsp3) is 0.231. The van der Waals surface area contributed by atoms with Crippen LogP contribution < -0.4 is 10.6 Å². The third kappa shape index (κ3) is 4.03. The van der Waals surface area contributed by atoms with Crippen molar-refractivity contribution in [2.24, 2.45) is 0 Å². The molecule has 0 aromatic carbocycles. The maximum Gasteiger partial charge on any atom is 0.326 e. The molecule has 0 bridgehead atoms.